The summed E-state index contributed by atoms with van der Waals surface area (Å²) in [4.78, 5) is 0. The van der Waals surface area contributed by atoms with Crippen molar-refractivity contribution < 1.29 is 28.6 Å². The third kappa shape index (κ3) is 17.0. The van der Waals surface area contributed by atoms with Crippen LogP contribution in [0.4, 0.5) is 0 Å². The lowest BCUT2D eigenvalue weighted by atomic mass is 10.2. The van der Waals surface area contributed by atoms with Gasteiger partial charge in [-0.15, -0.1) is 26.3 Å². The van der Waals surface area contributed by atoms with Gasteiger partial charge in [0.2, 0.25) is 0 Å². The molecule has 0 atom stereocenters. The van der Waals surface area contributed by atoms with Gasteiger partial charge in [0.1, 0.15) is 26.3 Å². The maximum Gasteiger partial charge on any atom is 0.171 e. The van der Waals surface area contributed by atoms with Crippen LogP contribution in [-0.4, -0.2) is 26.0 Å². The molecule has 0 aliphatic rings. The van der Waals surface area contributed by atoms with Crippen LogP contribution < -0.4 is 19.1 Å². The number of rotatable bonds is 22. The molecule has 3 aromatic rings. The molecule has 3 aromatic heterocycles. The number of ether oxygens (including phenoxy) is 2. The number of hydrogen-bond donors (Lipinski definition) is 1. The summed E-state index contributed by atoms with van der Waals surface area (Å²) in [5, 5.41) is 5.38. The normalized spacial score (nSPS) is 10.9. The SMILES string of the molecule is C=CCC(/C=C\OCCOCC[n+]1ccc(CC=C)cc1)=C/C=[NH2+].C=CCc1cc[n+](CCCC[n+]2ccc(CC=C)cc2)cc1. The monoisotopic (exact) mass is 622 g/mol. The summed E-state index contributed by atoms with van der Waals surface area (Å²) < 4.78 is 17.6. The van der Waals surface area contributed by atoms with Crippen molar-refractivity contribution >= 4 is 6.21 Å². The van der Waals surface area contributed by atoms with E-state index in [4.69, 9.17) is 14.9 Å². The van der Waals surface area contributed by atoms with Crippen molar-refractivity contribution in [2.45, 2.75) is 58.2 Å². The number of unbranched alkanes of at least 4 members (excludes halogenated alkanes) is 1. The van der Waals surface area contributed by atoms with Crippen LogP contribution in [-0.2, 0) is 48.4 Å². The third-order valence-corrected chi connectivity index (χ3v) is 7.01. The Morgan fingerprint density at radius 3 is 1.48 bits per heavy atom. The molecule has 0 radical (unpaired) electrons. The zero-order chi connectivity index (χ0) is 33.1. The Labute approximate surface area is 277 Å². The van der Waals surface area contributed by atoms with Gasteiger partial charge >= 0.3 is 0 Å². The van der Waals surface area contributed by atoms with E-state index in [1.165, 1.54) is 35.7 Å². The van der Waals surface area contributed by atoms with Crippen LogP contribution in [0.3, 0.4) is 0 Å². The minimum Gasteiger partial charge on any atom is -0.499 e. The maximum absolute atomic E-state index is 5.56. The molecule has 46 heavy (non-hydrogen) atoms. The molecule has 0 aliphatic carbocycles. The summed E-state index contributed by atoms with van der Waals surface area (Å²) in [6.45, 7) is 19.7. The molecule has 0 saturated heterocycles. The molecule has 0 amide bonds. The summed E-state index contributed by atoms with van der Waals surface area (Å²) in [5.74, 6) is 0. The van der Waals surface area contributed by atoms with Gasteiger partial charge < -0.3 is 9.47 Å². The second kappa shape index (κ2) is 24.6. The number of nitrogens with two attached hydrogens (primary N) is 1. The zero-order valence-electron chi connectivity index (χ0n) is 27.6. The Morgan fingerprint density at radius 2 is 1.07 bits per heavy atom. The van der Waals surface area contributed by atoms with Gasteiger partial charge in [-0.3, -0.25) is 5.41 Å². The van der Waals surface area contributed by atoms with E-state index < -0.39 is 0 Å². The van der Waals surface area contributed by atoms with Crippen LogP contribution in [0.25, 0.3) is 0 Å². The lowest BCUT2D eigenvalue weighted by Gasteiger charge is -2.03. The summed E-state index contributed by atoms with van der Waals surface area (Å²) in [6.07, 6.45) is 33.2. The van der Waals surface area contributed by atoms with Gasteiger partial charge in [0.25, 0.3) is 0 Å². The van der Waals surface area contributed by atoms with Crippen LogP contribution in [0.1, 0.15) is 36.0 Å². The first kappa shape index (κ1) is 37.5. The largest absolute Gasteiger partial charge is 0.499 e. The minimum absolute atomic E-state index is 0.521. The summed E-state index contributed by atoms with van der Waals surface area (Å²) >= 11 is 0. The molecule has 0 unspecified atom stereocenters. The molecule has 3 rings (SSSR count). The first-order valence-corrected chi connectivity index (χ1v) is 16.1. The highest BCUT2D eigenvalue weighted by Crippen LogP contribution is 2.03. The molecular weight excluding hydrogens is 568 g/mol. The third-order valence-electron chi connectivity index (χ3n) is 7.01. The minimum atomic E-state index is 0.521. The molecular formula is C40H54N4O2+4. The second-order valence-corrected chi connectivity index (χ2v) is 10.7. The van der Waals surface area contributed by atoms with Crippen LogP contribution in [0.5, 0.6) is 0 Å². The highest BCUT2D eigenvalue weighted by Gasteiger charge is 2.04. The van der Waals surface area contributed by atoms with E-state index in [1.807, 2.05) is 36.5 Å². The van der Waals surface area contributed by atoms with Crippen molar-refractivity contribution in [2.75, 3.05) is 19.8 Å². The smallest absolute Gasteiger partial charge is 0.171 e. The quantitative estimate of drug-likeness (QED) is 0.0438. The Kier molecular flexibility index (Phi) is 20.1. The number of allylic oxidation sites excluding steroid dienone is 7. The van der Waals surface area contributed by atoms with Crippen LogP contribution >= 0.6 is 0 Å². The number of aromatic nitrogens is 3. The van der Waals surface area contributed by atoms with Gasteiger partial charge in [0.05, 0.1) is 12.9 Å². The molecule has 0 aliphatic heterocycles. The molecule has 0 aromatic carbocycles. The zero-order valence-corrected chi connectivity index (χ0v) is 27.6. The van der Waals surface area contributed by atoms with Crippen LogP contribution in [0, 0.1) is 0 Å². The topological polar surface area (TPSA) is 55.7 Å². The van der Waals surface area contributed by atoms with E-state index in [2.05, 4.69) is 114 Å². The van der Waals surface area contributed by atoms with Crippen molar-refractivity contribution in [1.82, 2.24) is 0 Å². The van der Waals surface area contributed by atoms with Crippen molar-refractivity contribution in [2.24, 2.45) is 0 Å². The summed E-state index contributed by atoms with van der Waals surface area (Å²) in [5.41, 5.74) is 4.95. The first-order valence-electron chi connectivity index (χ1n) is 16.1. The Morgan fingerprint density at radius 1 is 0.609 bits per heavy atom. The van der Waals surface area contributed by atoms with Gasteiger partial charge in [0, 0.05) is 55.3 Å². The fourth-order valence-electron chi connectivity index (χ4n) is 4.47. The lowest BCUT2D eigenvalue weighted by molar-refractivity contribution is -0.708. The fourth-order valence-corrected chi connectivity index (χ4v) is 4.47. The first-order chi connectivity index (χ1) is 22.6. The van der Waals surface area contributed by atoms with Gasteiger partial charge in [-0.2, -0.15) is 0 Å². The molecule has 0 bridgehead atoms. The van der Waals surface area contributed by atoms with E-state index in [0.29, 0.717) is 19.8 Å². The molecule has 6 heteroatoms. The van der Waals surface area contributed by atoms with Crippen molar-refractivity contribution in [1.29, 1.82) is 0 Å². The molecule has 0 fully saturated rings. The standard InChI is InChI=1S/C20H27N2O2.C20H26N2/c1-3-5-19(7-11-21)10-15-23-17-18-24-16-14-22-12-8-20(6-4-2)9-13-22;1-3-7-19-9-15-21(16-10-19)13-5-6-14-22-17-11-20(8-4-2)12-18-22/h3-4,7-13,15,21H,1-2,5-6,14,16-18H2;3-4,9-12,15-18H,1-2,5-8,13-14H2/q+1;+2/p+1/b15-10-,19-7-,21-11?;. The van der Waals surface area contributed by atoms with E-state index in [1.54, 1.807) is 6.26 Å². The van der Waals surface area contributed by atoms with Crippen LogP contribution in [0.15, 0.2) is 148 Å². The highest BCUT2D eigenvalue weighted by molar-refractivity contribution is 5.67. The number of aryl methyl sites for hydroxylation is 2. The summed E-state index contributed by atoms with van der Waals surface area (Å²) in [7, 11) is 0. The Bertz CT molecular complexity index is 1300. The van der Waals surface area contributed by atoms with Crippen molar-refractivity contribution in [3.8, 4) is 0 Å². The second-order valence-electron chi connectivity index (χ2n) is 10.7. The van der Waals surface area contributed by atoms with Gasteiger partial charge in [-0.25, -0.2) is 13.7 Å². The average Bonchev–Trinajstić information content (AvgIpc) is 3.07. The fraction of sp³-hybridized carbons (Fsp3) is 0.300. The molecule has 2 N–H and O–H groups in total. The molecule has 0 spiro atoms. The molecule has 0 saturated carbocycles. The highest BCUT2D eigenvalue weighted by atomic mass is 16.5. The van der Waals surface area contributed by atoms with Gasteiger partial charge in [-0.05, 0) is 54.0 Å². The number of hydrogen-bond acceptors (Lipinski definition) is 2. The maximum atomic E-state index is 5.56. The van der Waals surface area contributed by atoms with Gasteiger partial charge in [-0.1, -0.05) is 24.3 Å². The van der Waals surface area contributed by atoms with Gasteiger partial charge in [0.15, 0.2) is 49.9 Å². The predicted octanol–water partition coefficient (Wildman–Crippen LogP) is 4.78. The van der Waals surface area contributed by atoms with E-state index in [0.717, 1.165) is 50.9 Å². The molecule has 242 valence electrons. The average molecular weight is 623 g/mol. The Balaban J connectivity index is 0.000000321. The van der Waals surface area contributed by atoms with E-state index in [-0.39, 0.29) is 0 Å². The van der Waals surface area contributed by atoms with Crippen molar-refractivity contribution in [3.05, 3.63) is 165 Å². The van der Waals surface area contributed by atoms with Crippen LogP contribution in [0.2, 0.25) is 0 Å². The summed E-state index contributed by atoms with van der Waals surface area (Å²) in [6, 6.07) is 12.9. The predicted molar refractivity (Wildman–Crippen MR) is 188 cm³/mol. The number of pyridine rings is 3. The molecule has 3 heterocycles. The lowest BCUT2D eigenvalue weighted by Crippen LogP contribution is -2.35. The van der Waals surface area contributed by atoms with E-state index >= 15 is 0 Å². The van der Waals surface area contributed by atoms with Crippen molar-refractivity contribution in [3.63, 3.8) is 0 Å². The van der Waals surface area contributed by atoms with E-state index in [9.17, 15) is 0 Å². The molecule has 6 nitrogen and oxygen atoms in total. The number of nitrogens with zero attached hydrogens (tertiary/aromatic N) is 3. The Hall–Kier alpha value is -4.68.